The number of pyridine rings is 3. The second-order valence-corrected chi connectivity index (χ2v) is 12.2. The Labute approximate surface area is 267 Å². The van der Waals surface area contributed by atoms with Crippen LogP contribution in [0.5, 0.6) is 0 Å². The van der Waals surface area contributed by atoms with E-state index < -0.39 is 11.8 Å². The SMILES string of the molecule is [2H]C([2H])(c1c(C)sc2ccc(-c3[c-]ccc4c3oc3nc(C)ccc34)nc12)C(C)(C)C.[Ir].[c-]1ccccc1-c1ccccn1. The van der Waals surface area contributed by atoms with E-state index in [0.29, 0.717) is 16.9 Å². The number of thiophene rings is 1. The van der Waals surface area contributed by atoms with Gasteiger partial charge in [-0.1, -0.05) is 49.9 Å². The molecule has 2 aromatic carbocycles. The molecule has 0 bridgehead atoms. The zero-order valence-corrected chi connectivity index (χ0v) is 27.3. The monoisotopic (exact) mass is 748 g/mol. The molecule has 42 heavy (non-hydrogen) atoms. The van der Waals surface area contributed by atoms with Gasteiger partial charge in [0.2, 0.25) is 5.71 Å². The van der Waals surface area contributed by atoms with Crippen LogP contribution in [0, 0.1) is 31.4 Å². The molecule has 0 saturated heterocycles. The van der Waals surface area contributed by atoms with Crippen LogP contribution in [0.3, 0.4) is 0 Å². The Hall–Kier alpha value is -3.70. The zero-order chi connectivity index (χ0) is 30.4. The predicted molar refractivity (Wildman–Crippen MR) is 170 cm³/mol. The second kappa shape index (κ2) is 12.3. The molecular weight excluding hydrogens is 715 g/mol. The molecule has 4 nitrogen and oxygen atoms in total. The van der Waals surface area contributed by atoms with Crippen molar-refractivity contribution in [1.82, 2.24) is 15.0 Å². The van der Waals surface area contributed by atoms with Gasteiger partial charge < -0.3 is 9.40 Å². The van der Waals surface area contributed by atoms with Gasteiger partial charge in [-0.25, -0.2) is 4.98 Å². The number of aromatic nitrogens is 3. The van der Waals surface area contributed by atoms with Crippen molar-refractivity contribution in [1.29, 1.82) is 0 Å². The molecule has 0 N–H and O–H groups in total. The Balaban J connectivity index is 0.000000248. The maximum atomic E-state index is 8.86. The summed E-state index contributed by atoms with van der Waals surface area (Å²) in [6, 6.07) is 32.0. The predicted octanol–water partition coefficient (Wildman–Crippen LogP) is 9.81. The molecule has 1 radical (unpaired) electrons. The van der Waals surface area contributed by atoms with Crippen molar-refractivity contribution in [2.75, 3.05) is 0 Å². The van der Waals surface area contributed by atoms with Crippen molar-refractivity contribution in [2.45, 2.75) is 41.0 Å². The summed E-state index contributed by atoms with van der Waals surface area (Å²) in [5.74, 6) is 0. The summed E-state index contributed by atoms with van der Waals surface area (Å²) in [6.07, 6.45) is 0.271. The van der Waals surface area contributed by atoms with Crippen molar-refractivity contribution in [3.8, 4) is 22.5 Å². The molecule has 6 heteroatoms. The molecule has 0 saturated carbocycles. The van der Waals surface area contributed by atoms with Crippen LogP contribution in [0.25, 0.3) is 54.8 Å². The zero-order valence-electron chi connectivity index (χ0n) is 26.1. The largest absolute Gasteiger partial charge is 0.486 e. The maximum Gasteiger partial charge on any atom is 0.216 e. The first kappa shape index (κ1) is 27.2. The van der Waals surface area contributed by atoms with Crippen LogP contribution in [-0.2, 0) is 26.5 Å². The van der Waals surface area contributed by atoms with Crippen LogP contribution in [0.2, 0.25) is 0 Å². The molecule has 7 aromatic rings. The number of benzene rings is 2. The maximum absolute atomic E-state index is 8.86. The van der Waals surface area contributed by atoms with E-state index in [1.165, 1.54) is 0 Å². The molecule has 0 fully saturated rings. The number of aryl methyl sites for hydroxylation is 2. The number of rotatable bonds is 3. The molecule has 0 aliphatic rings. The molecule has 213 valence electrons. The summed E-state index contributed by atoms with van der Waals surface area (Å²) in [4.78, 5) is 14.6. The van der Waals surface area contributed by atoms with E-state index in [1.54, 1.807) is 17.5 Å². The van der Waals surface area contributed by atoms with Crippen molar-refractivity contribution in [3.05, 3.63) is 113 Å². The van der Waals surface area contributed by atoms with Crippen LogP contribution in [0.15, 0.2) is 89.5 Å². The van der Waals surface area contributed by atoms with E-state index in [0.717, 1.165) is 54.1 Å². The summed E-state index contributed by atoms with van der Waals surface area (Å²) in [6.45, 7) is 9.71. The van der Waals surface area contributed by atoms with E-state index >= 15 is 0 Å². The van der Waals surface area contributed by atoms with Crippen LogP contribution < -0.4 is 0 Å². The van der Waals surface area contributed by atoms with Crippen molar-refractivity contribution in [2.24, 2.45) is 5.41 Å². The molecule has 0 atom stereocenters. The Morgan fingerprint density at radius 1 is 0.857 bits per heavy atom. The van der Waals surface area contributed by atoms with E-state index in [4.69, 9.17) is 12.1 Å². The minimum absolute atomic E-state index is 0. The summed E-state index contributed by atoms with van der Waals surface area (Å²) in [7, 11) is 0. The molecule has 0 aliphatic carbocycles. The van der Waals surface area contributed by atoms with Gasteiger partial charge in [0.1, 0.15) is 0 Å². The van der Waals surface area contributed by atoms with Crippen molar-refractivity contribution in [3.63, 3.8) is 0 Å². The van der Waals surface area contributed by atoms with Crippen molar-refractivity contribution >= 4 is 43.6 Å². The summed E-state index contributed by atoms with van der Waals surface area (Å²) in [5.41, 5.74) is 6.54. The van der Waals surface area contributed by atoms with Gasteiger partial charge in [-0.3, -0.25) is 4.98 Å². The summed E-state index contributed by atoms with van der Waals surface area (Å²) >= 11 is 1.59. The fraction of sp³-hybridized carbons (Fsp3) is 0.194. The molecular formula is C36H31IrN3OS-2. The van der Waals surface area contributed by atoms with Gasteiger partial charge in [0.25, 0.3) is 0 Å². The fourth-order valence-electron chi connectivity index (χ4n) is 4.73. The van der Waals surface area contributed by atoms with E-state index in [9.17, 15) is 0 Å². The summed E-state index contributed by atoms with van der Waals surface area (Å²) < 4.78 is 24.8. The van der Waals surface area contributed by atoms with Gasteiger partial charge >= 0.3 is 0 Å². The minimum atomic E-state index is -1.52. The quantitative estimate of drug-likeness (QED) is 0.169. The molecule has 5 aromatic heterocycles. The van der Waals surface area contributed by atoms with E-state index in [1.807, 2.05) is 113 Å². The standard InChI is InChI=1S/C25H23N2OS.C11H8N.Ir/c1-14-9-10-17-16-7-6-8-18(23(16)28-24(17)26-14)20-11-12-21-22(27-20)19(15(2)29-21)13-25(3,4)5;1-2-6-10(7-3-1)11-8-4-5-9-12-11;/h6-7,9-12H,13H2,1-5H3;1-6,8-9H;/q2*-1;/i13D2;;. The van der Waals surface area contributed by atoms with Gasteiger partial charge in [0, 0.05) is 45.0 Å². The van der Waals surface area contributed by atoms with E-state index in [2.05, 4.69) is 22.1 Å². The molecule has 7 rings (SSSR count). The third kappa shape index (κ3) is 6.22. The number of nitrogens with zero attached hydrogens (tertiary/aromatic N) is 3. The molecule has 5 heterocycles. The molecule has 0 spiro atoms. The number of hydrogen-bond donors (Lipinski definition) is 0. The summed E-state index contributed by atoms with van der Waals surface area (Å²) in [5, 5.41) is 1.94. The van der Waals surface area contributed by atoms with E-state index in [-0.39, 0.29) is 20.1 Å². The second-order valence-electron chi connectivity index (χ2n) is 10.9. The fourth-order valence-corrected chi connectivity index (χ4v) is 5.69. The van der Waals surface area contributed by atoms with Crippen LogP contribution in [0.4, 0.5) is 0 Å². The Morgan fingerprint density at radius 2 is 1.69 bits per heavy atom. The van der Waals surface area contributed by atoms with Crippen LogP contribution in [-0.4, -0.2) is 15.0 Å². The Morgan fingerprint density at radius 3 is 2.43 bits per heavy atom. The number of furan rings is 1. The third-order valence-electron chi connectivity index (χ3n) is 6.55. The molecule has 0 unspecified atom stereocenters. The van der Waals surface area contributed by atoms with Gasteiger partial charge in [0.05, 0.1) is 15.8 Å². The Kier molecular flexibility index (Phi) is 7.93. The van der Waals surface area contributed by atoms with Crippen molar-refractivity contribution < 1.29 is 27.3 Å². The molecule has 0 amide bonds. The average molecular weight is 748 g/mol. The van der Waals surface area contributed by atoms with Gasteiger partial charge in [-0.2, -0.15) is 0 Å². The topological polar surface area (TPSA) is 51.8 Å². The first-order valence-electron chi connectivity index (χ1n) is 14.5. The van der Waals surface area contributed by atoms with Crippen LogP contribution in [0.1, 0.15) is 39.6 Å². The number of hydrogen-bond acceptors (Lipinski definition) is 5. The average Bonchev–Trinajstić information content (AvgIpc) is 3.53. The normalized spacial score (nSPS) is 12.4. The smallest absolute Gasteiger partial charge is 0.216 e. The molecule has 0 aliphatic heterocycles. The van der Waals surface area contributed by atoms with Crippen LogP contribution >= 0.6 is 11.3 Å². The first-order valence-corrected chi connectivity index (χ1v) is 14.4. The van der Waals surface area contributed by atoms with Gasteiger partial charge in [-0.15, -0.1) is 65.4 Å². The Bertz CT molecular complexity index is 2030. The number of fused-ring (bicyclic) bond motifs is 4. The minimum Gasteiger partial charge on any atom is -0.486 e. The van der Waals surface area contributed by atoms with Gasteiger partial charge in [-0.05, 0) is 66.9 Å². The first-order chi connectivity index (χ1) is 20.5. The third-order valence-corrected chi connectivity index (χ3v) is 7.61. The van der Waals surface area contributed by atoms with Gasteiger partial charge in [0.15, 0.2) is 0 Å².